The first-order chi connectivity index (χ1) is 18.0. The molecular weight excluding hydrogens is 492 g/mol. The molecule has 0 aromatic heterocycles. The number of fused-ring (bicyclic) bond motifs is 1. The minimum Gasteiger partial charge on any atom is -0.485 e. The highest BCUT2D eigenvalue weighted by Crippen LogP contribution is 2.43. The van der Waals surface area contributed by atoms with Gasteiger partial charge in [0.2, 0.25) is 0 Å². The number of hydrogen-bond acceptors (Lipinski definition) is 6. The standard InChI is InChI=1S/C30H25ClO6/c31-22-7-4-8-24(15-22)35-18-23(32)13-14-25-26-16-29(33)36-28(26)17-27(25)37-30(34)21-11-9-20(10-12-21)19-5-2-1-3-6-19/h1-15,25-28H,16-18H2/b14-13+/t25-,26+,27-,28-/m0/s1. The van der Waals surface area contributed by atoms with Crippen molar-refractivity contribution in [3.63, 3.8) is 0 Å². The van der Waals surface area contributed by atoms with Crippen LogP contribution in [0.15, 0.2) is 91.0 Å². The van der Waals surface area contributed by atoms with E-state index in [9.17, 15) is 14.4 Å². The van der Waals surface area contributed by atoms with E-state index in [1.165, 1.54) is 6.08 Å². The second kappa shape index (κ2) is 11.0. The molecule has 0 amide bonds. The predicted molar refractivity (Wildman–Crippen MR) is 138 cm³/mol. The first kappa shape index (κ1) is 24.8. The van der Waals surface area contributed by atoms with E-state index in [0.29, 0.717) is 22.8 Å². The van der Waals surface area contributed by atoms with Crippen LogP contribution in [0.25, 0.3) is 11.1 Å². The van der Waals surface area contributed by atoms with Gasteiger partial charge in [0.1, 0.15) is 18.0 Å². The van der Waals surface area contributed by atoms with Crippen molar-refractivity contribution in [2.24, 2.45) is 11.8 Å². The fourth-order valence-electron chi connectivity index (χ4n) is 4.90. The largest absolute Gasteiger partial charge is 0.485 e. The first-order valence-electron chi connectivity index (χ1n) is 12.1. The Balaban J connectivity index is 1.24. The maximum atomic E-state index is 13.0. The van der Waals surface area contributed by atoms with E-state index in [-0.39, 0.29) is 42.7 Å². The second-order valence-electron chi connectivity index (χ2n) is 9.17. The van der Waals surface area contributed by atoms with Gasteiger partial charge in [0.15, 0.2) is 12.4 Å². The zero-order valence-corrected chi connectivity index (χ0v) is 20.7. The zero-order valence-electron chi connectivity index (χ0n) is 19.9. The lowest BCUT2D eigenvalue weighted by Gasteiger charge is -2.20. The van der Waals surface area contributed by atoms with Crippen LogP contribution in [0.3, 0.4) is 0 Å². The molecule has 0 bridgehead atoms. The number of ether oxygens (including phenoxy) is 3. The second-order valence-corrected chi connectivity index (χ2v) is 9.60. The number of esters is 2. The van der Waals surface area contributed by atoms with Crippen LogP contribution in [-0.4, -0.2) is 36.5 Å². The Bertz CT molecular complexity index is 1320. The third kappa shape index (κ3) is 5.92. The van der Waals surface area contributed by atoms with Gasteiger partial charge in [-0.25, -0.2) is 4.79 Å². The lowest BCUT2D eigenvalue weighted by Crippen LogP contribution is -2.25. The van der Waals surface area contributed by atoms with Crippen LogP contribution < -0.4 is 4.74 Å². The van der Waals surface area contributed by atoms with Gasteiger partial charge in [0.25, 0.3) is 0 Å². The Labute approximate surface area is 219 Å². The number of ketones is 1. The lowest BCUT2D eigenvalue weighted by molar-refractivity contribution is -0.141. The number of carbonyl (C=O) groups excluding carboxylic acids is 3. The summed E-state index contributed by atoms with van der Waals surface area (Å²) in [4.78, 5) is 37.3. The van der Waals surface area contributed by atoms with E-state index in [0.717, 1.165) is 11.1 Å². The summed E-state index contributed by atoms with van der Waals surface area (Å²) >= 11 is 5.95. The smallest absolute Gasteiger partial charge is 0.338 e. The summed E-state index contributed by atoms with van der Waals surface area (Å²) in [5.74, 6) is -0.955. The van der Waals surface area contributed by atoms with E-state index in [4.69, 9.17) is 25.8 Å². The van der Waals surface area contributed by atoms with Gasteiger partial charge in [-0.2, -0.15) is 0 Å². The Kier molecular flexibility index (Phi) is 7.37. The van der Waals surface area contributed by atoms with Crippen molar-refractivity contribution in [2.45, 2.75) is 25.0 Å². The number of carbonyl (C=O) groups is 3. The number of halogens is 1. The highest BCUT2D eigenvalue weighted by atomic mass is 35.5. The van der Waals surface area contributed by atoms with E-state index >= 15 is 0 Å². The molecule has 6 nitrogen and oxygen atoms in total. The van der Waals surface area contributed by atoms with Gasteiger partial charge in [-0.15, -0.1) is 0 Å². The van der Waals surface area contributed by atoms with E-state index in [1.807, 2.05) is 42.5 Å². The molecule has 5 rings (SSSR count). The zero-order chi connectivity index (χ0) is 25.8. The Hall–Kier alpha value is -3.90. The van der Waals surface area contributed by atoms with Crippen LogP contribution in [0.5, 0.6) is 5.75 Å². The molecule has 1 aliphatic heterocycles. The van der Waals surface area contributed by atoms with Gasteiger partial charge < -0.3 is 14.2 Å². The quantitative estimate of drug-likeness (QED) is 0.283. The minimum atomic E-state index is -0.512. The van der Waals surface area contributed by atoms with Gasteiger partial charge in [-0.05, 0) is 47.5 Å². The molecule has 188 valence electrons. The highest BCUT2D eigenvalue weighted by Gasteiger charge is 2.50. The summed E-state index contributed by atoms with van der Waals surface area (Å²) in [6.07, 6.45) is 2.92. The van der Waals surface area contributed by atoms with Crippen molar-refractivity contribution < 1.29 is 28.6 Å². The van der Waals surface area contributed by atoms with Crippen molar-refractivity contribution in [1.82, 2.24) is 0 Å². The highest BCUT2D eigenvalue weighted by molar-refractivity contribution is 6.30. The summed E-state index contributed by atoms with van der Waals surface area (Å²) in [7, 11) is 0. The average molecular weight is 517 g/mol. The summed E-state index contributed by atoms with van der Waals surface area (Å²) in [6.45, 7) is -0.161. The molecule has 3 aromatic rings. The average Bonchev–Trinajstić information content (AvgIpc) is 3.42. The maximum Gasteiger partial charge on any atom is 0.338 e. The molecule has 2 aliphatic rings. The van der Waals surface area contributed by atoms with Gasteiger partial charge in [-0.3, -0.25) is 9.59 Å². The number of rotatable bonds is 8. The molecule has 3 aromatic carbocycles. The van der Waals surface area contributed by atoms with Crippen LogP contribution in [0, 0.1) is 11.8 Å². The molecule has 4 atom stereocenters. The van der Waals surface area contributed by atoms with Gasteiger partial charge in [-0.1, -0.05) is 66.2 Å². The fraction of sp³-hybridized carbons (Fsp3) is 0.233. The molecule has 0 spiro atoms. The van der Waals surface area contributed by atoms with Crippen molar-refractivity contribution in [1.29, 1.82) is 0 Å². The molecule has 1 saturated heterocycles. The summed E-state index contributed by atoms with van der Waals surface area (Å²) in [6, 6.07) is 23.9. The SMILES string of the molecule is O=C(/C=C/[C@H]1[C@H]2CC(=O)O[C@H]2C[C@@H]1OC(=O)c1ccc(-c2ccccc2)cc1)COc1cccc(Cl)c1. The predicted octanol–water partition coefficient (Wildman–Crippen LogP) is 5.69. The molecule has 1 saturated carbocycles. The van der Waals surface area contributed by atoms with E-state index in [1.54, 1.807) is 42.5 Å². The maximum absolute atomic E-state index is 13.0. The Morgan fingerprint density at radius 2 is 1.73 bits per heavy atom. The Morgan fingerprint density at radius 1 is 0.973 bits per heavy atom. The van der Waals surface area contributed by atoms with Crippen molar-refractivity contribution >= 4 is 29.3 Å². The fourth-order valence-corrected chi connectivity index (χ4v) is 5.08. The number of benzene rings is 3. The molecule has 1 heterocycles. The summed E-state index contributed by atoms with van der Waals surface area (Å²) < 4.78 is 16.8. The van der Waals surface area contributed by atoms with Crippen LogP contribution >= 0.6 is 11.6 Å². The summed E-state index contributed by atoms with van der Waals surface area (Å²) in [5, 5.41) is 0.516. The Morgan fingerprint density at radius 3 is 2.49 bits per heavy atom. The lowest BCUT2D eigenvalue weighted by atomic mass is 9.91. The van der Waals surface area contributed by atoms with Crippen LogP contribution in [0.4, 0.5) is 0 Å². The molecule has 7 heteroatoms. The topological polar surface area (TPSA) is 78.9 Å². The van der Waals surface area contributed by atoms with Crippen molar-refractivity contribution in [3.05, 3.63) is 102 Å². The van der Waals surface area contributed by atoms with Crippen molar-refractivity contribution in [2.75, 3.05) is 6.61 Å². The monoisotopic (exact) mass is 516 g/mol. The van der Waals surface area contributed by atoms with Crippen molar-refractivity contribution in [3.8, 4) is 16.9 Å². The molecule has 0 radical (unpaired) electrons. The normalized spacial score (nSPS) is 22.5. The van der Waals surface area contributed by atoms with Gasteiger partial charge in [0, 0.05) is 23.3 Å². The van der Waals surface area contributed by atoms with E-state index in [2.05, 4.69) is 0 Å². The molecule has 2 fully saturated rings. The molecule has 0 N–H and O–H groups in total. The van der Waals surface area contributed by atoms with Crippen LogP contribution in [-0.2, 0) is 19.1 Å². The molecule has 37 heavy (non-hydrogen) atoms. The molecular formula is C30H25ClO6. The molecule has 0 unspecified atom stereocenters. The summed E-state index contributed by atoms with van der Waals surface area (Å²) in [5.41, 5.74) is 2.49. The minimum absolute atomic E-state index is 0.149. The van der Waals surface area contributed by atoms with Crippen LogP contribution in [0.2, 0.25) is 5.02 Å². The third-order valence-electron chi connectivity index (χ3n) is 6.72. The third-order valence-corrected chi connectivity index (χ3v) is 6.95. The van der Waals surface area contributed by atoms with Crippen LogP contribution in [0.1, 0.15) is 23.2 Å². The van der Waals surface area contributed by atoms with E-state index < -0.39 is 12.1 Å². The van der Waals surface area contributed by atoms with Gasteiger partial charge >= 0.3 is 11.9 Å². The van der Waals surface area contributed by atoms with Gasteiger partial charge in [0.05, 0.1) is 12.0 Å². The first-order valence-corrected chi connectivity index (χ1v) is 12.5. The molecule has 1 aliphatic carbocycles. The number of hydrogen-bond donors (Lipinski definition) is 0.